The molecule has 4 heteroatoms. The normalized spacial score (nSPS) is 12.3. The van der Waals surface area contributed by atoms with Gasteiger partial charge < -0.3 is 9.47 Å². The summed E-state index contributed by atoms with van der Waals surface area (Å²) in [5.41, 5.74) is 1.28. The number of aromatic nitrogens is 2. The second kappa shape index (κ2) is 6.65. The lowest BCUT2D eigenvalue weighted by Gasteiger charge is -2.22. The van der Waals surface area contributed by atoms with E-state index in [2.05, 4.69) is 47.4 Å². The Bertz CT molecular complexity index is 790. The molecule has 0 aliphatic carbocycles. The molecule has 0 fully saturated rings. The molecule has 0 N–H and O–H groups in total. The van der Waals surface area contributed by atoms with Gasteiger partial charge in [0.05, 0.1) is 6.33 Å². The highest BCUT2D eigenvalue weighted by Gasteiger charge is 2.18. The molecule has 23 heavy (non-hydrogen) atoms. The molecule has 3 rings (SSSR count). The summed E-state index contributed by atoms with van der Waals surface area (Å²) in [6, 6.07) is 14.5. The van der Waals surface area contributed by atoms with Crippen molar-refractivity contribution in [2.75, 3.05) is 13.6 Å². The lowest BCUT2D eigenvalue weighted by Crippen LogP contribution is -2.34. The lowest BCUT2D eigenvalue weighted by molar-refractivity contribution is -0.132. The minimum absolute atomic E-state index is 0.100. The summed E-state index contributed by atoms with van der Waals surface area (Å²) in [5.74, 6) is 0.100. The van der Waals surface area contributed by atoms with Crippen LogP contribution in [-0.2, 0) is 11.2 Å². The minimum Gasteiger partial charge on any atom is -0.344 e. The molecule has 0 aliphatic heterocycles. The van der Waals surface area contributed by atoms with Crippen molar-refractivity contribution in [1.82, 2.24) is 14.5 Å². The number of amides is 1. The summed E-state index contributed by atoms with van der Waals surface area (Å²) < 4.78 is 1.83. The van der Waals surface area contributed by atoms with Gasteiger partial charge in [0.1, 0.15) is 6.04 Å². The number of carbonyl (C=O) groups is 1. The second-order valence-electron chi connectivity index (χ2n) is 5.83. The molecule has 118 valence electrons. The summed E-state index contributed by atoms with van der Waals surface area (Å²) in [7, 11) is 1.86. The van der Waals surface area contributed by atoms with Crippen LogP contribution in [0.4, 0.5) is 0 Å². The van der Waals surface area contributed by atoms with E-state index in [1.165, 1.54) is 16.3 Å². The van der Waals surface area contributed by atoms with Gasteiger partial charge in [0, 0.05) is 26.0 Å². The van der Waals surface area contributed by atoms with Gasteiger partial charge in [-0.25, -0.2) is 4.98 Å². The Kier molecular flexibility index (Phi) is 4.42. The fourth-order valence-corrected chi connectivity index (χ4v) is 2.85. The van der Waals surface area contributed by atoms with Crippen LogP contribution in [0.1, 0.15) is 18.5 Å². The quantitative estimate of drug-likeness (QED) is 0.725. The van der Waals surface area contributed by atoms with Gasteiger partial charge in [0.2, 0.25) is 5.91 Å². The maximum absolute atomic E-state index is 12.5. The lowest BCUT2D eigenvalue weighted by atomic mass is 10.0. The Labute approximate surface area is 136 Å². The molecule has 1 heterocycles. The van der Waals surface area contributed by atoms with Crippen LogP contribution in [0, 0.1) is 0 Å². The first-order valence-corrected chi connectivity index (χ1v) is 7.86. The predicted octanol–water partition coefficient (Wildman–Crippen LogP) is 3.30. The number of fused-ring (bicyclic) bond motifs is 1. The average molecular weight is 307 g/mol. The van der Waals surface area contributed by atoms with Crippen molar-refractivity contribution < 1.29 is 4.79 Å². The number of benzene rings is 2. The highest BCUT2D eigenvalue weighted by atomic mass is 16.2. The molecule has 0 radical (unpaired) electrons. The summed E-state index contributed by atoms with van der Waals surface area (Å²) in [6.07, 6.45) is 6.04. The molecule has 0 spiro atoms. The molecule has 4 nitrogen and oxygen atoms in total. The van der Waals surface area contributed by atoms with Gasteiger partial charge in [-0.2, -0.15) is 0 Å². The van der Waals surface area contributed by atoms with Crippen LogP contribution in [0.25, 0.3) is 10.8 Å². The summed E-state index contributed by atoms with van der Waals surface area (Å²) in [5, 5.41) is 2.50. The van der Waals surface area contributed by atoms with E-state index in [-0.39, 0.29) is 11.9 Å². The third-order valence-corrected chi connectivity index (χ3v) is 4.30. The third-order valence-electron chi connectivity index (χ3n) is 4.30. The molecule has 3 aromatic rings. The van der Waals surface area contributed by atoms with Crippen LogP contribution in [0.5, 0.6) is 0 Å². The number of hydrogen-bond donors (Lipinski definition) is 0. The Balaban J connectivity index is 1.68. The molecule has 0 unspecified atom stereocenters. The van der Waals surface area contributed by atoms with Gasteiger partial charge in [0.15, 0.2) is 0 Å². The van der Waals surface area contributed by atoms with Crippen LogP contribution >= 0.6 is 0 Å². The zero-order valence-electron chi connectivity index (χ0n) is 13.5. The van der Waals surface area contributed by atoms with Crippen molar-refractivity contribution >= 4 is 16.7 Å². The van der Waals surface area contributed by atoms with Gasteiger partial charge in [-0.1, -0.05) is 42.5 Å². The molecule has 1 atom stereocenters. The van der Waals surface area contributed by atoms with Gasteiger partial charge in [-0.3, -0.25) is 4.79 Å². The van der Waals surface area contributed by atoms with E-state index < -0.39 is 0 Å². The Morgan fingerprint density at radius 1 is 1.22 bits per heavy atom. The molecule has 0 saturated heterocycles. The van der Waals surface area contributed by atoms with E-state index in [0.29, 0.717) is 6.54 Å². The van der Waals surface area contributed by atoms with Crippen molar-refractivity contribution in [2.24, 2.45) is 0 Å². The smallest absolute Gasteiger partial charge is 0.245 e. The van der Waals surface area contributed by atoms with Gasteiger partial charge in [-0.05, 0) is 29.7 Å². The van der Waals surface area contributed by atoms with E-state index in [4.69, 9.17) is 0 Å². The van der Waals surface area contributed by atoms with Crippen LogP contribution in [0.2, 0.25) is 0 Å². The fourth-order valence-electron chi connectivity index (χ4n) is 2.85. The van der Waals surface area contributed by atoms with Gasteiger partial charge in [-0.15, -0.1) is 0 Å². The zero-order chi connectivity index (χ0) is 16.2. The van der Waals surface area contributed by atoms with Crippen molar-refractivity contribution in [3.05, 3.63) is 66.7 Å². The average Bonchev–Trinajstić information content (AvgIpc) is 3.12. The molecule has 1 amide bonds. The number of hydrogen-bond acceptors (Lipinski definition) is 2. The summed E-state index contributed by atoms with van der Waals surface area (Å²) in [6.45, 7) is 2.60. The monoisotopic (exact) mass is 307 g/mol. The van der Waals surface area contributed by atoms with E-state index in [9.17, 15) is 4.79 Å². The largest absolute Gasteiger partial charge is 0.344 e. The first kappa shape index (κ1) is 15.3. The molecular formula is C19H21N3O. The highest BCUT2D eigenvalue weighted by Crippen LogP contribution is 2.19. The van der Waals surface area contributed by atoms with Gasteiger partial charge in [0.25, 0.3) is 0 Å². The molecule has 1 aromatic heterocycles. The van der Waals surface area contributed by atoms with E-state index in [0.717, 1.165) is 6.42 Å². The Morgan fingerprint density at radius 3 is 2.78 bits per heavy atom. The van der Waals surface area contributed by atoms with Gasteiger partial charge >= 0.3 is 0 Å². The van der Waals surface area contributed by atoms with Crippen molar-refractivity contribution in [1.29, 1.82) is 0 Å². The zero-order valence-corrected chi connectivity index (χ0v) is 13.5. The molecule has 0 aliphatic rings. The SMILES string of the molecule is C[C@H](C(=O)N(C)CCc1cccc2ccccc12)n1ccnc1. The standard InChI is InChI=1S/C19H21N3O/c1-15(22-13-11-20-14-22)19(23)21(2)12-10-17-8-5-7-16-6-3-4-9-18(16)17/h3-9,11,13-15H,10,12H2,1-2H3/t15-/m1/s1. The molecule has 0 saturated carbocycles. The Hall–Kier alpha value is -2.62. The predicted molar refractivity (Wildman–Crippen MR) is 92.2 cm³/mol. The van der Waals surface area contributed by atoms with E-state index >= 15 is 0 Å². The maximum atomic E-state index is 12.5. The second-order valence-corrected chi connectivity index (χ2v) is 5.83. The number of rotatable bonds is 5. The fraction of sp³-hybridized carbons (Fsp3) is 0.263. The summed E-state index contributed by atoms with van der Waals surface area (Å²) >= 11 is 0. The Morgan fingerprint density at radius 2 is 2.00 bits per heavy atom. The number of likely N-dealkylation sites (N-methyl/N-ethyl adjacent to an activating group) is 1. The third kappa shape index (κ3) is 3.26. The number of imidazole rings is 1. The van der Waals surface area contributed by atoms with Crippen LogP contribution in [-0.4, -0.2) is 34.0 Å². The van der Waals surface area contributed by atoms with Crippen molar-refractivity contribution in [2.45, 2.75) is 19.4 Å². The molecule has 0 bridgehead atoms. The first-order chi connectivity index (χ1) is 11.2. The highest BCUT2D eigenvalue weighted by molar-refractivity contribution is 5.85. The molecule has 2 aromatic carbocycles. The van der Waals surface area contributed by atoms with E-state index in [1.54, 1.807) is 17.4 Å². The number of nitrogens with zero attached hydrogens (tertiary/aromatic N) is 3. The first-order valence-electron chi connectivity index (χ1n) is 7.86. The van der Waals surface area contributed by atoms with Crippen molar-refractivity contribution in [3.8, 4) is 0 Å². The minimum atomic E-state index is -0.227. The molecular weight excluding hydrogens is 286 g/mol. The van der Waals surface area contributed by atoms with Crippen molar-refractivity contribution in [3.63, 3.8) is 0 Å². The summed E-state index contributed by atoms with van der Waals surface area (Å²) in [4.78, 5) is 18.3. The van der Waals surface area contributed by atoms with Crippen LogP contribution in [0.15, 0.2) is 61.2 Å². The maximum Gasteiger partial charge on any atom is 0.245 e. The topological polar surface area (TPSA) is 38.1 Å². The van der Waals surface area contributed by atoms with Crippen LogP contribution in [0.3, 0.4) is 0 Å². The number of carbonyl (C=O) groups excluding carboxylic acids is 1. The van der Waals surface area contributed by atoms with Crippen LogP contribution < -0.4 is 0 Å². The van der Waals surface area contributed by atoms with E-state index in [1.807, 2.05) is 24.7 Å².